The number of furan rings is 1. The summed E-state index contributed by atoms with van der Waals surface area (Å²) in [5, 5.41) is 18.4. The molecule has 1 saturated heterocycles. The molecule has 0 bridgehead atoms. The van der Waals surface area contributed by atoms with E-state index in [1.807, 2.05) is 0 Å². The average Bonchev–Trinajstić information content (AvgIpc) is 3.28. The number of rotatable bonds is 3. The second-order valence-electron chi connectivity index (χ2n) is 10.9. The number of piperazine rings is 1. The van der Waals surface area contributed by atoms with Gasteiger partial charge in [-0.25, -0.2) is 4.98 Å². The molecule has 11 nitrogen and oxygen atoms in total. The summed E-state index contributed by atoms with van der Waals surface area (Å²) in [6.07, 6.45) is 0. The van der Waals surface area contributed by atoms with Crippen LogP contribution in [0, 0.1) is 13.8 Å². The third kappa shape index (κ3) is 4.33. The molecule has 1 fully saturated rings. The molecule has 0 aliphatic carbocycles. The van der Waals surface area contributed by atoms with Crippen LogP contribution in [0.3, 0.4) is 0 Å². The van der Waals surface area contributed by atoms with Crippen molar-refractivity contribution in [1.29, 1.82) is 0 Å². The van der Waals surface area contributed by atoms with E-state index in [1.54, 1.807) is 32.0 Å². The highest BCUT2D eigenvalue weighted by Crippen LogP contribution is 2.45. The topological polar surface area (TPSA) is 147 Å². The fourth-order valence-electron chi connectivity index (χ4n) is 5.88. The van der Waals surface area contributed by atoms with Crippen molar-refractivity contribution in [2.75, 3.05) is 23.3 Å². The lowest BCUT2D eigenvalue weighted by Gasteiger charge is -2.37. The molecule has 1 aliphatic rings. The van der Waals surface area contributed by atoms with Gasteiger partial charge in [0, 0.05) is 73.2 Å². The van der Waals surface area contributed by atoms with E-state index in [1.165, 1.54) is 13.8 Å². The van der Waals surface area contributed by atoms with Gasteiger partial charge in [0.25, 0.3) is 0 Å². The second kappa shape index (κ2) is 9.48. The number of nitrogens with one attached hydrogen (secondary N) is 2. The smallest absolute Gasteiger partial charge is 0.308 e. The summed E-state index contributed by atoms with van der Waals surface area (Å²) in [5.41, 5.74) is 1.67. The molecular weight excluding hydrogens is 528 g/mol. The summed E-state index contributed by atoms with van der Waals surface area (Å²) < 4.78 is 17.9. The van der Waals surface area contributed by atoms with Gasteiger partial charge in [-0.05, 0) is 33.8 Å². The standard InChI is InChI=1S/C30H30N4O7/c1-12-10-34(11-13(2)31-12)18-8-20(40-17(6)36)24-21(9-18)41-30-25(33-24)22-19-7-14(3)39-29(19)15(4)27(37)23(22)28(38)26(30)32-16(5)35/h7-9,12-13,31,38H,10-11H2,1-6H3,(H,32,35). The van der Waals surface area contributed by atoms with E-state index in [0.717, 1.165) is 5.69 Å². The van der Waals surface area contributed by atoms with E-state index in [4.69, 9.17) is 18.6 Å². The van der Waals surface area contributed by atoms with Gasteiger partial charge in [0.2, 0.25) is 5.91 Å². The average molecular weight is 559 g/mol. The van der Waals surface area contributed by atoms with Crippen LogP contribution in [0.1, 0.15) is 39.0 Å². The molecule has 5 aromatic rings. The number of benzene rings is 3. The lowest BCUT2D eigenvalue weighted by atomic mass is 9.98. The minimum Gasteiger partial charge on any atom is -0.505 e. The predicted octanol–water partition coefficient (Wildman–Crippen LogP) is 4.63. The zero-order chi connectivity index (χ0) is 29.3. The minimum atomic E-state index is -0.535. The van der Waals surface area contributed by atoms with Crippen molar-refractivity contribution >= 4 is 67.2 Å². The minimum absolute atomic E-state index is 0.0245. The van der Waals surface area contributed by atoms with Crippen molar-refractivity contribution in [1.82, 2.24) is 10.3 Å². The van der Waals surface area contributed by atoms with Crippen molar-refractivity contribution in [3.63, 3.8) is 0 Å². The van der Waals surface area contributed by atoms with Gasteiger partial charge in [-0.2, -0.15) is 0 Å². The Labute approximate surface area is 234 Å². The lowest BCUT2D eigenvalue weighted by molar-refractivity contribution is -0.131. The van der Waals surface area contributed by atoms with Gasteiger partial charge in [-0.3, -0.25) is 14.4 Å². The number of phenols is 1. The number of fused-ring (bicyclic) bond motifs is 6. The Balaban J connectivity index is 1.77. The third-order valence-electron chi connectivity index (χ3n) is 7.37. The summed E-state index contributed by atoms with van der Waals surface area (Å²) >= 11 is 0. The molecular formula is C30H30N4O7. The van der Waals surface area contributed by atoms with Crippen LogP contribution in [0.25, 0.3) is 43.9 Å². The fraction of sp³-hybridized carbons (Fsp3) is 0.333. The monoisotopic (exact) mass is 558 g/mol. The number of phenolic OH excluding ortho intramolecular Hbond substituents is 1. The third-order valence-corrected chi connectivity index (χ3v) is 7.37. The molecule has 3 N–H and O–H groups in total. The molecule has 0 spiro atoms. The number of aromatic nitrogens is 1. The number of carbonyl (C=O) groups excluding carboxylic acids is 2. The Morgan fingerprint density at radius 1 is 1.05 bits per heavy atom. The SMILES string of the molecule is CC(=O)Nc1c(O)c2c(=O)c(C)c3oc(C)cc3c2c2nc3c(OC(C)=O)cc(N4CC(C)NC(C)C4)cc3oc12. The number of esters is 1. The molecule has 1 amide bonds. The Morgan fingerprint density at radius 3 is 2.41 bits per heavy atom. The molecule has 2 atom stereocenters. The largest absolute Gasteiger partial charge is 0.505 e. The summed E-state index contributed by atoms with van der Waals surface area (Å²) in [5.74, 6) is -0.685. The maximum absolute atomic E-state index is 13.5. The molecule has 212 valence electrons. The maximum atomic E-state index is 13.5. The molecule has 11 heteroatoms. The molecule has 3 heterocycles. The van der Waals surface area contributed by atoms with E-state index in [-0.39, 0.29) is 51.1 Å². The van der Waals surface area contributed by atoms with E-state index in [9.17, 15) is 19.5 Å². The molecule has 1 aliphatic heterocycles. The number of amides is 1. The van der Waals surface area contributed by atoms with Crippen LogP contribution in [0.2, 0.25) is 0 Å². The highest BCUT2D eigenvalue weighted by Gasteiger charge is 2.28. The van der Waals surface area contributed by atoms with Gasteiger partial charge < -0.3 is 34.2 Å². The lowest BCUT2D eigenvalue weighted by Crippen LogP contribution is -2.54. The number of carbonyl (C=O) groups is 2. The van der Waals surface area contributed by atoms with Crippen molar-refractivity contribution in [3.8, 4) is 11.5 Å². The Morgan fingerprint density at radius 2 is 1.76 bits per heavy atom. The van der Waals surface area contributed by atoms with Gasteiger partial charge >= 0.3 is 5.97 Å². The van der Waals surface area contributed by atoms with Crippen molar-refractivity contribution in [2.45, 2.75) is 53.6 Å². The Kier molecular flexibility index (Phi) is 6.14. The number of aromatic hydroxyl groups is 1. The van der Waals surface area contributed by atoms with Crippen molar-refractivity contribution in [2.24, 2.45) is 0 Å². The number of hydrogen-bond donors (Lipinski definition) is 3. The van der Waals surface area contributed by atoms with Crippen LogP contribution >= 0.6 is 0 Å². The number of ether oxygens (including phenoxy) is 1. The summed E-state index contributed by atoms with van der Waals surface area (Å²) in [7, 11) is 0. The molecule has 2 unspecified atom stereocenters. The van der Waals surface area contributed by atoms with Crippen LogP contribution in [-0.4, -0.2) is 47.1 Å². The first-order valence-corrected chi connectivity index (χ1v) is 13.4. The number of nitrogens with zero attached hydrogens (tertiary/aromatic N) is 2. The van der Waals surface area contributed by atoms with Crippen LogP contribution < -0.4 is 25.7 Å². The number of aryl methyl sites for hydroxylation is 2. The zero-order valence-corrected chi connectivity index (χ0v) is 23.6. The van der Waals surface area contributed by atoms with Crippen LogP contribution in [0.15, 0.2) is 31.8 Å². The molecule has 3 aromatic carbocycles. The first-order valence-electron chi connectivity index (χ1n) is 13.4. The van der Waals surface area contributed by atoms with Gasteiger partial charge in [-0.1, -0.05) is 0 Å². The van der Waals surface area contributed by atoms with E-state index < -0.39 is 23.1 Å². The normalized spacial score (nSPS) is 17.6. The van der Waals surface area contributed by atoms with Crippen LogP contribution in [0.5, 0.6) is 11.5 Å². The van der Waals surface area contributed by atoms with Gasteiger partial charge in [0.1, 0.15) is 28.1 Å². The van der Waals surface area contributed by atoms with Crippen LogP contribution in [0.4, 0.5) is 11.4 Å². The predicted molar refractivity (Wildman–Crippen MR) is 156 cm³/mol. The maximum Gasteiger partial charge on any atom is 0.308 e. The summed E-state index contributed by atoms with van der Waals surface area (Å²) in [6, 6.07) is 5.75. The highest BCUT2D eigenvalue weighted by molar-refractivity contribution is 6.24. The van der Waals surface area contributed by atoms with E-state index >= 15 is 0 Å². The summed E-state index contributed by atoms with van der Waals surface area (Å²) in [6.45, 7) is 11.6. The van der Waals surface area contributed by atoms with Gasteiger partial charge in [0.05, 0.1) is 5.39 Å². The molecule has 41 heavy (non-hydrogen) atoms. The highest BCUT2D eigenvalue weighted by atomic mass is 16.5. The second-order valence-corrected chi connectivity index (χ2v) is 10.9. The summed E-state index contributed by atoms with van der Waals surface area (Å²) in [4.78, 5) is 45.0. The number of anilines is 2. The molecule has 0 radical (unpaired) electrons. The van der Waals surface area contributed by atoms with Crippen molar-refractivity contribution < 1.29 is 28.3 Å². The Bertz CT molecular complexity index is 1980. The molecule has 2 aromatic heterocycles. The fourth-order valence-corrected chi connectivity index (χ4v) is 5.88. The number of hydrogen-bond acceptors (Lipinski definition) is 10. The van der Waals surface area contributed by atoms with Crippen molar-refractivity contribution in [3.05, 3.63) is 39.7 Å². The van der Waals surface area contributed by atoms with E-state index in [0.29, 0.717) is 40.8 Å². The molecule has 0 saturated carbocycles. The van der Waals surface area contributed by atoms with Gasteiger partial charge in [0.15, 0.2) is 28.1 Å². The molecule has 6 rings (SSSR count). The van der Waals surface area contributed by atoms with E-state index in [2.05, 4.69) is 29.4 Å². The zero-order valence-electron chi connectivity index (χ0n) is 23.6. The van der Waals surface area contributed by atoms with Crippen LogP contribution in [-0.2, 0) is 9.59 Å². The Hall–Kier alpha value is -4.64. The quantitative estimate of drug-likeness (QED) is 0.0941. The first-order chi connectivity index (χ1) is 19.4. The van der Waals surface area contributed by atoms with Gasteiger partial charge in [-0.15, -0.1) is 0 Å². The first kappa shape index (κ1) is 26.6.